The van der Waals surface area contributed by atoms with Gasteiger partial charge in [0.1, 0.15) is 0 Å². The van der Waals surface area contributed by atoms with Crippen LogP contribution in [0.3, 0.4) is 0 Å². The molecule has 112 valence electrons. The van der Waals surface area contributed by atoms with Gasteiger partial charge in [0.2, 0.25) is 0 Å². The summed E-state index contributed by atoms with van der Waals surface area (Å²) in [6.07, 6.45) is 5.15. The highest BCUT2D eigenvalue weighted by atomic mass is 19.1. The number of halogens is 1. The molecule has 22 heavy (non-hydrogen) atoms. The number of benzene rings is 1. The summed E-state index contributed by atoms with van der Waals surface area (Å²) in [6.45, 7) is 2.05. The summed E-state index contributed by atoms with van der Waals surface area (Å²) in [5, 5.41) is 4.36. The molecule has 0 bridgehead atoms. The zero-order valence-electron chi connectivity index (χ0n) is 12.4. The molecule has 0 radical (unpaired) electrons. The Morgan fingerprint density at radius 2 is 1.86 bits per heavy atom. The molecule has 0 spiro atoms. The first-order valence-corrected chi connectivity index (χ1v) is 7.02. The van der Waals surface area contributed by atoms with Gasteiger partial charge in [0, 0.05) is 30.6 Å². The maximum atomic E-state index is 13.6. The summed E-state index contributed by atoms with van der Waals surface area (Å²) < 4.78 is 16.7. The lowest BCUT2D eigenvalue weighted by atomic mass is 10.1. The van der Waals surface area contributed by atoms with E-state index >= 15 is 0 Å². The van der Waals surface area contributed by atoms with Crippen LogP contribution < -0.4 is 5.56 Å². The van der Waals surface area contributed by atoms with Gasteiger partial charge >= 0.3 is 0 Å². The Hall–Kier alpha value is -2.69. The van der Waals surface area contributed by atoms with Gasteiger partial charge < -0.3 is 4.57 Å². The Kier molecular flexibility index (Phi) is 3.63. The molecule has 3 rings (SSSR count). The van der Waals surface area contributed by atoms with E-state index < -0.39 is 11.4 Å². The van der Waals surface area contributed by atoms with Crippen LogP contribution in [-0.2, 0) is 7.05 Å². The molecule has 1 unspecified atom stereocenters. The van der Waals surface area contributed by atoms with Gasteiger partial charge in [-0.15, -0.1) is 0 Å². The lowest BCUT2D eigenvalue weighted by molar-refractivity contribution is 0.564. The molecule has 0 aliphatic heterocycles. The van der Waals surface area contributed by atoms with Crippen molar-refractivity contribution >= 4 is 0 Å². The number of hydrogen-bond acceptors (Lipinski definition) is 2. The van der Waals surface area contributed by atoms with Crippen molar-refractivity contribution in [3.8, 4) is 11.1 Å². The molecule has 0 saturated carbocycles. The van der Waals surface area contributed by atoms with Crippen LogP contribution in [0.15, 0.2) is 59.8 Å². The molecule has 0 aliphatic carbocycles. The van der Waals surface area contributed by atoms with Crippen molar-refractivity contribution in [1.82, 2.24) is 14.3 Å². The molecule has 4 nitrogen and oxygen atoms in total. The lowest BCUT2D eigenvalue weighted by Gasteiger charge is -2.12. The molecule has 1 atom stereocenters. The van der Waals surface area contributed by atoms with Crippen LogP contribution in [-0.4, -0.2) is 14.3 Å². The molecule has 1 aromatic carbocycles. The van der Waals surface area contributed by atoms with Crippen LogP contribution in [0.25, 0.3) is 11.1 Å². The lowest BCUT2D eigenvalue weighted by Crippen LogP contribution is -2.19. The first kappa shape index (κ1) is 14.3. The standard InChI is InChI=1S/C17H16FN3O/c1-12(13-6-4-3-5-7-13)21-11-15(9-19-21)14-8-16(18)17(22)20(2)10-14/h3-12H,1-2H3. The molecule has 0 saturated heterocycles. The van der Waals surface area contributed by atoms with Gasteiger partial charge in [-0.2, -0.15) is 5.10 Å². The van der Waals surface area contributed by atoms with Gasteiger partial charge in [0.05, 0.1) is 12.2 Å². The fourth-order valence-electron chi connectivity index (χ4n) is 2.41. The minimum absolute atomic E-state index is 0.0762. The Bertz CT molecular complexity index is 826. The number of hydrogen-bond donors (Lipinski definition) is 0. The Labute approximate surface area is 127 Å². The second-order valence-electron chi connectivity index (χ2n) is 5.29. The summed E-state index contributed by atoms with van der Waals surface area (Å²) in [6, 6.07) is 11.3. The largest absolute Gasteiger partial charge is 0.315 e. The molecule has 5 heteroatoms. The summed E-state index contributed by atoms with van der Waals surface area (Å²) in [4.78, 5) is 11.4. The number of nitrogens with zero attached hydrogens (tertiary/aromatic N) is 3. The predicted octanol–water partition coefficient (Wildman–Crippen LogP) is 3.00. The van der Waals surface area contributed by atoms with E-state index in [1.807, 2.05) is 48.1 Å². The second-order valence-corrected chi connectivity index (χ2v) is 5.29. The molecule has 2 heterocycles. The normalized spacial score (nSPS) is 12.3. The number of pyridine rings is 1. The van der Waals surface area contributed by atoms with Gasteiger partial charge in [-0.3, -0.25) is 9.48 Å². The van der Waals surface area contributed by atoms with Crippen molar-refractivity contribution < 1.29 is 4.39 Å². The fraction of sp³-hybridized carbons (Fsp3) is 0.176. The summed E-state index contributed by atoms with van der Waals surface area (Å²) in [5.41, 5.74) is 1.92. The van der Waals surface area contributed by atoms with Gasteiger partial charge in [0.25, 0.3) is 5.56 Å². The minimum atomic E-state index is -0.760. The van der Waals surface area contributed by atoms with E-state index in [-0.39, 0.29) is 6.04 Å². The molecular formula is C17H16FN3O. The first-order valence-electron chi connectivity index (χ1n) is 7.02. The Balaban J connectivity index is 1.96. The number of aromatic nitrogens is 3. The highest BCUT2D eigenvalue weighted by Crippen LogP contribution is 2.22. The molecule has 0 aliphatic rings. The van der Waals surface area contributed by atoms with E-state index in [2.05, 4.69) is 5.10 Å². The van der Waals surface area contributed by atoms with Gasteiger partial charge in [-0.05, 0) is 18.6 Å². The quantitative estimate of drug-likeness (QED) is 0.745. The third-order valence-corrected chi connectivity index (χ3v) is 3.75. The SMILES string of the molecule is CC(c1ccccc1)n1cc(-c2cc(F)c(=O)n(C)c2)cn1. The summed E-state index contributed by atoms with van der Waals surface area (Å²) in [5.74, 6) is -0.760. The van der Waals surface area contributed by atoms with Crippen LogP contribution >= 0.6 is 0 Å². The third-order valence-electron chi connectivity index (χ3n) is 3.75. The maximum absolute atomic E-state index is 13.6. The van der Waals surface area contributed by atoms with E-state index in [1.165, 1.54) is 17.7 Å². The number of rotatable bonds is 3. The second kappa shape index (κ2) is 5.60. The Morgan fingerprint density at radius 3 is 2.55 bits per heavy atom. The highest BCUT2D eigenvalue weighted by molar-refractivity contribution is 5.60. The van der Waals surface area contributed by atoms with Crippen molar-refractivity contribution in [1.29, 1.82) is 0 Å². The van der Waals surface area contributed by atoms with Crippen LogP contribution in [0.2, 0.25) is 0 Å². The van der Waals surface area contributed by atoms with Crippen molar-refractivity contribution in [2.24, 2.45) is 7.05 Å². The zero-order valence-corrected chi connectivity index (χ0v) is 12.4. The van der Waals surface area contributed by atoms with E-state index in [0.717, 1.165) is 11.1 Å². The highest BCUT2D eigenvalue weighted by Gasteiger charge is 2.11. The topological polar surface area (TPSA) is 39.8 Å². The fourth-order valence-corrected chi connectivity index (χ4v) is 2.41. The summed E-state index contributed by atoms with van der Waals surface area (Å²) in [7, 11) is 1.53. The first-order chi connectivity index (χ1) is 10.6. The van der Waals surface area contributed by atoms with Gasteiger partial charge in [0.15, 0.2) is 5.82 Å². The smallest absolute Gasteiger partial charge is 0.286 e. The molecule has 0 amide bonds. The van der Waals surface area contributed by atoms with Crippen molar-refractivity contribution in [3.63, 3.8) is 0 Å². The van der Waals surface area contributed by atoms with Crippen molar-refractivity contribution in [3.05, 3.63) is 76.7 Å². The van der Waals surface area contributed by atoms with Crippen molar-refractivity contribution in [2.75, 3.05) is 0 Å². The van der Waals surface area contributed by atoms with E-state index in [0.29, 0.717) is 5.56 Å². The average Bonchev–Trinajstić information content (AvgIpc) is 3.02. The molecular weight excluding hydrogens is 281 g/mol. The third kappa shape index (κ3) is 2.57. The summed E-state index contributed by atoms with van der Waals surface area (Å²) >= 11 is 0. The van der Waals surface area contributed by atoms with E-state index in [4.69, 9.17) is 0 Å². The van der Waals surface area contributed by atoms with Crippen LogP contribution in [0.4, 0.5) is 4.39 Å². The number of aryl methyl sites for hydroxylation is 1. The average molecular weight is 297 g/mol. The van der Waals surface area contributed by atoms with Gasteiger partial charge in [-0.25, -0.2) is 4.39 Å². The minimum Gasteiger partial charge on any atom is -0.315 e. The molecule has 0 fully saturated rings. The molecule has 3 aromatic rings. The van der Waals surface area contributed by atoms with Crippen LogP contribution in [0.5, 0.6) is 0 Å². The van der Waals surface area contributed by atoms with Gasteiger partial charge in [-0.1, -0.05) is 30.3 Å². The Morgan fingerprint density at radius 1 is 1.14 bits per heavy atom. The zero-order chi connectivity index (χ0) is 15.7. The monoisotopic (exact) mass is 297 g/mol. The van der Waals surface area contributed by atoms with E-state index in [1.54, 1.807) is 12.4 Å². The van der Waals surface area contributed by atoms with Crippen LogP contribution in [0, 0.1) is 5.82 Å². The van der Waals surface area contributed by atoms with E-state index in [9.17, 15) is 9.18 Å². The van der Waals surface area contributed by atoms with Crippen molar-refractivity contribution in [2.45, 2.75) is 13.0 Å². The van der Waals surface area contributed by atoms with Crippen LogP contribution in [0.1, 0.15) is 18.5 Å². The molecule has 2 aromatic heterocycles. The maximum Gasteiger partial charge on any atom is 0.286 e. The predicted molar refractivity (Wildman–Crippen MR) is 83.1 cm³/mol. The molecule has 0 N–H and O–H groups in total.